The van der Waals surface area contributed by atoms with Crippen molar-refractivity contribution in [3.63, 3.8) is 0 Å². The van der Waals surface area contributed by atoms with Gasteiger partial charge in [0.05, 0.1) is 19.9 Å². The van der Waals surface area contributed by atoms with E-state index in [2.05, 4.69) is 0 Å². The summed E-state index contributed by atoms with van der Waals surface area (Å²) in [7, 11) is 0. The molecule has 0 heterocycles. The van der Waals surface area contributed by atoms with Crippen LogP contribution in [0.15, 0.2) is 30.3 Å². The Balaban J connectivity index is 2.20. The van der Waals surface area contributed by atoms with Gasteiger partial charge in [-0.15, -0.1) is 0 Å². The lowest BCUT2D eigenvalue weighted by Crippen LogP contribution is -2.07. The van der Waals surface area contributed by atoms with E-state index in [0.29, 0.717) is 13.2 Å². The summed E-state index contributed by atoms with van der Waals surface area (Å²) in [5, 5.41) is 0. The molecule has 1 nitrogen and oxygen atoms in total. The molecule has 0 saturated heterocycles. The van der Waals surface area contributed by atoms with E-state index < -0.39 is 0 Å². The summed E-state index contributed by atoms with van der Waals surface area (Å²) in [6, 6.07) is 9.91. The van der Waals surface area contributed by atoms with E-state index in [9.17, 15) is 4.39 Å². The van der Waals surface area contributed by atoms with Crippen molar-refractivity contribution in [3.05, 3.63) is 35.9 Å². The first kappa shape index (κ1) is 10.2. The van der Waals surface area contributed by atoms with Crippen LogP contribution in [0, 0.1) is 5.92 Å². The Morgan fingerprint density at radius 3 is 2.62 bits per heavy atom. The Labute approximate surface area is 78.5 Å². The molecule has 0 aliphatic rings. The minimum absolute atomic E-state index is 0.00344. The Morgan fingerprint density at radius 2 is 2.00 bits per heavy atom. The van der Waals surface area contributed by atoms with Crippen LogP contribution in [0.4, 0.5) is 4.39 Å². The summed E-state index contributed by atoms with van der Waals surface area (Å²) < 4.78 is 17.4. The molecule has 0 N–H and O–H groups in total. The highest BCUT2D eigenvalue weighted by atomic mass is 19.1. The molecule has 1 atom stereocenters. The van der Waals surface area contributed by atoms with Gasteiger partial charge in [-0.1, -0.05) is 37.3 Å². The fraction of sp³-hybridized carbons (Fsp3) is 0.455. The van der Waals surface area contributed by atoms with E-state index in [1.165, 1.54) is 0 Å². The van der Waals surface area contributed by atoms with Crippen molar-refractivity contribution in [1.29, 1.82) is 0 Å². The topological polar surface area (TPSA) is 9.23 Å². The van der Waals surface area contributed by atoms with Gasteiger partial charge < -0.3 is 4.74 Å². The molecule has 0 bridgehead atoms. The van der Waals surface area contributed by atoms with E-state index in [1.807, 2.05) is 37.3 Å². The molecule has 0 amide bonds. The Hall–Kier alpha value is -0.890. The number of alkyl halides is 1. The number of hydrogen-bond donors (Lipinski definition) is 0. The number of hydrogen-bond acceptors (Lipinski definition) is 1. The van der Waals surface area contributed by atoms with Crippen LogP contribution in [-0.4, -0.2) is 13.3 Å². The van der Waals surface area contributed by atoms with Crippen molar-refractivity contribution in [1.82, 2.24) is 0 Å². The number of rotatable bonds is 5. The van der Waals surface area contributed by atoms with E-state index in [0.717, 1.165) is 5.56 Å². The van der Waals surface area contributed by atoms with Crippen LogP contribution in [-0.2, 0) is 11.3 Å². The number of ether oxygens (including phenoxy) is 1. The van der Waals surface area contributed by atoms with Gasteiger partial charge in [0, 0.05) is 5.92 Å². The molecule has 0 fully saturated rings. The first-order chi connectivity index (χ1) is 6.33. The summed E-state index contributed by atoms with van der Waals surface area (Å²) in [6.07, 6.45) is 0. The molecule has 1 rings (SSSR count). The second kappa shape index (κ2) is 5.70. The second-order valence-electron chi connectivity index (χ2n) is 3.26. The maximum Gasteiger partial charge on any atom is 0.0941 e. The molecule has 2 heteroatoms. The summed E-state index contributed by atoms with van der Waals surface area (Å²) >= 11 is 0. The van der Waals surface area contributed by atoms with E-state index in [1.54, 1.807) is 0 Å². The van der Waals surface area contributed by atoms with Crippen LogP contribution in [0.5, 0.6) is 0 Å². The van der Waals surface area contributed by atoms with Gasteiger partial charge in [0.1, 0.15) is 0 Å². The highest BCUT2D eigenvalue weighted by Crippen LogP contribution is 2.03. The summed E-state index contributed by atoms with van der Waals surface area (Å²) in [5.74, 6) is 0.00344. The van der Waals surface area contributed by atoms with Crippen molar-refractivity contribution in [3.8, 4) is 0 Å². The van der Waals surface area contributed by atoms with E-state index in [-0.39, 0.29) is 12.6 Å². The predicted octanol–water partition coefficient (Wildman–Crippen LogP) is 2.81. The fourth-order valence-corrected chi connectivity index (χ4v) is 0.997. The third-order valence-corrected chi connectivity index (χ3v) is 1.78. The van der Waals surface area contributed by atoms with Crippen LogP contribution in [0.25, 0.3) is 0 Å². The molecule has 13 heavy (non-hydrogen) atoms. The monoisotopic (exact) mass is 182 g/mol. The minimum Gasteiger partial charge on any atom is -0.376 e. The van der Waals surface area contributed by atoms with Gasteiger partial charge in [-0.3, -0.25) is 4.39 Å². The number of halogens is 1. The first-order valence-corrected chi connectivity index (χ1v) is 4.50. The summed E-state index contributed by atoms with van der Waals surface area (Å²) in [4.78, 5) is 0. The zero-order valence-corrected chi connectivity index (χ0v) is 7.87. The number of benzene rings is 1. The van der Waals surface area contributed by atoms with Gasteiger partial charge in [-0.25, -0.2) is 0 Å². The molecule has 1 aromatic carbocycles. The standard InChI is InChI=1S/C11H15FO/c1-10(7-12)8-13-9-11-5-3-2-4-6-11/h2-6,10H,7-9H2,1H3. The molecule has 0 aliphatic heterocycles. The average Bonchev–Trinajstić information content (AvgIpc) is 2.19. The maximum atomic E-state index is 12.0. The highest BCUT2D eigenvalue weighted by Gasteiger charge is 2.00. The highest BCUT2D eigenvalue weighted by molar-refractivity contribution is 5.13. The molecule has 0 spiro atoms. The van der Waals surface area contributed by atoms with Gasteiger partial charge in [0.25, 0.3) is 0 Å². The third-order valence-electron chi connectivity index (χ3n) is 1.78. The molecule has 72 valence electrons. The molecule has 1 unspecified atom stereocenters. The quantitative estimate of drug-likeness (QED) is 0.680. The predicted molar refractivity (Wildman–Crippen MR) is 51.2 cm³/mol. The fourth-order valence-electron chi connectivity index (χ4n) is 0.997. The molecule has 0 saturated carbocycles. The van der Waals surface area contributed by atoms with Crippen molar-refractivity contribution in [2.45, 2.75) is 13.5 Å². The summed E-state index contributed by atoms with van der Waals surface area (Å²) in [5.41, 5.74) is 1.13. The van der Waals surface area contributed by atoms with Crippen molar-refractivity contribution >= 4 is 0 Å². The van der Waals surface area contributed by atoms with Crippen LogP contribution in [0.2, 0.25) is 0 Å². The average molecular weight is 182 g/mol. The van der Waals surface area contributed by atoms with Crippen LogP contribution >= 0.6 is 0 Å². The van der Waals surface area contributed by atoms with E-state index >= 15 is 0 Å². The third kappa shape index (κ3) is 4.04. The van der Waals surface area contributed by atoms with Gasteiger partial charge in [-0.05, 0) is 5.56 Å². The maximum absolute atomic E-state index is 12.0. The van der Waals surface area contributed by atoms with Gasteiger partial charge in [-0.2, -0.15) is 0 Å². The smallest absolute Gasteiger partial charge is 0.0941 e. The van der Waals surface area contributed by atoms with Crippen LogP contribution in [0.3, 0.4) is 0 Å². The molecular formula is C11H15FO. The van der Waals surface area contributed by atoms with Gasteiger partial charge >= 0.3 is 0 Å². The molecule has 0 aliphatic carbocycles. The van der Waals surface area contributed by atoms with Crippen molar-refractivity contribution in [2.24, 2.45) is 5.92 Å². The Morgan fingerprint density at radius 1 is 1.31 bits per heavy atom. The van der Waals surface area contributed by atoms with E-state index in [4.69, 9.17) is 4.74 Å². The lowest BCUT2D eigenvalue weighted by atomic mass is 10.2. The minimum atomic E-state index is -0.311. The Kier molecular flexibility index (Phi) is 4.47. The lowest BCUT2D eigenvalue weighted by molar-refractivity contribution is 0.0838. The molecule has 1 aromatic rings. The normalized spacial score (nSPS) is 12.8. The van der Waals surface area contributed by atoms with Crippen LogP contribution in [0.1, 0.15) is 12.5 Å². The molecule has 0 radical (unpaired) electrons. The summed E-state index contributed by atoms with van der Waals surface area (Å²) in [6.45, 7) is 2.59. The van der Waals surface area contributed by atoms with Gasteiger partial charge in [0.15, 0.2) is 0 Å². The zero-order chi connectivity index (χ0) is 9.52. The van der Waals surface area contributed by atoms with Crippen molar-refractivity contribution < 1.29 is 9.13 Å². The first-order valence-electron chi connectivity index (χ1n) is 4.50. The SMILES string of the molecule is CC(CF)COCc1ccccc1. The van der Waals surface area contributed by atoms with Crippen molar-refractivity contribution in [2.75, 3.05) is 13.3 Å². The molecular weight excluding hydrogens is 167 g/mol. The Bertz CT molecular complexity index is 223. The van der Waals surface area contributed by atoms with Gasteiger partial charge in [0.2, 0.25) is 0 Å². The lowest BCUT2D eigenvalue weighted by Gasteiger charge is -2.07. The molecule has 0 aromatic heterocycles. The zero-order valence-electron chi connectivity index (χ0n) is 7.87. The largest absolute Gasteiger partial charge is 0.376 e. The van der Waals surface area contributed by atoms with Crippen LogP contribution < -0.4 is 0 Å². The second-order valence-corrected chi connectivity index (χ2v) is 3.26.